The molecule has 11 heteroatoms. The molecule has 2 aliphatic heterocycles. The number of furan rings is 1. The van der Waals surface area contributed by atoms with Crippen LogP contribution in [0.4, 0.5) is 10.7 Å². The van der Waals surface area contributed by atoms with E-state index in [0.29, 0.717) is 26.3 Å². The molecule has 0 unspecified atom stereocenters. The molecule has 0 atom stereocenters. The predicted molar refractivity (Wildman–Crippen MR) is 79.2 cm³/mol. The first-order valence-corrected chi connectivity index (χ1v) is 7.25. The molecule has 1 aromatic rings. The smallest absolute Gasteiger partial charge is 0.400 e. The van der Waals surface area contributed by atoms with Gasteiger partial charge in [0.2, 0.25) is 0 Å². The molecule has 2 aliphatic rings. The average molecular weight is 337 g/mol. The lowest BCUT2D eigenvalue weighted by Gasteiger charge is -2.29. The Bertz CT molecular complexity index is 680. The summed E-state index contributed by atoms with van der Waals surface area (Å²) in [7, 11) is 0. The third kappa shape index (κ3) is 3.41. The highest BCUT2D eigenvalue weighted by Crippen LogP contribution is 2.16. The number of hydrogen-bond acceptors (Lipinski definition) is 8. The summed E-state index contributed by atoms with van der Waals surface area (Å²) in [5.74, 6) is -0.656. The van der Waals surface area contributed by atoms with E-state index < -0.39 is 16.8 Å². The minimum absolute atomic E-state index is 0.119. The van der Waals surface area contributed by atoms with E-state index in [0.717, 1.165) is 16.1 Å². The summed E-state index contributed by atoms with van der Waals surface area (Å²) in [4.78, 5) is 37.2. The van der Waals surface area contributed by atoms with E-state index in [1.54, 1.807) is 0 Å². The maximum atomic E-state index is 12.2. The normalized spacial score (nSPS) is 19.7. The lowest BCUT2D eigenvalue weighted by molar-refractivity contribution is -0.402. The van der Waals surface area contributed by atoms with Gasteiger partial charge in [0.1, 0.15) is 11.5 Å². The molecular weight excluding hydrogens is 322 g/mol. The van der Waals surface area contributed by atoms with Crippen LogP contribution < -0.4 is 0 Å². The number of carbonyl (C=O) groups excluding carboxylic acids is 2. The van der Waals surface area contributed by atoms with Gasteiger partial charge in [0, 0.05) is 13.1 Å². The van der Waals surface area contributed by atoms with Crippen molar-refractivity contribution >= 4 is 24.0 Å². The van der Waals surface area contributed by atoms with Gasteiger partial charge in [-0.1, -0.05) is 0 Å². The minimum Gasteiger partial charge on any atom is -0.400 e. The van der Waals surface area contributed by atoms with E-state index in [1.807, 2.05) is 4.90 Å². The fourth-order valence-corrected chi connectivity index (χ4v) is 2.34. The highest BCUT2D eigenvalue weighted by atomic mass is 16.6. The Morgan fingerprint density at radius 2 is 2.04 bits per heavy atom. The standard InChI is InChI=1S/C13H15N5O6/c19-11-8-17(14-7-10-1-2-12(24-10)18(21)22)13(20)16(11)9-15-3-5-23-6-4-15/h1-2,7H,3-6,8-9H2. The number of morpholine rings is 1. The quantitative estimate of drug-likeness (QED) is 0.322. The van der Waals surface area contributed by atoms with Gasteiger partial charge in [0.25, 0.3) is 5.91 Å². The zero-order valence-corrected chi connectivity index (χ0v) is 12.7. The monoisotopic (exact) mass is 337 g/mol. The first-order chi connectivity index (χ1) is 11.5. The van der Waals surface area contributed by atoms with E-state index in [9.17, 15) is 19.7 Å². The van der Waals surface area contributed by atoms with Crippen molar-refractivity contribution in [2.45, 2.75) is 0 Å². The van der Waals surface area contributed by atoms with Gasteiger partial charge in [-0.05, 0) is 6.07 Å². The average Bonchev–Trinajstić information content (AvgIpc) is 3.14. The fraction of sp³-hybridized carbons (Fsp3) is 0.462. The number of hydrazone groups is 1. The van der Waals surface area contributed by atoms with Crippen molar-refractivity contribution in [2.24, 2.45) is 5.10 Å². The molecule has 3 amide bonds. The summed E-state index contributed by atoms with van der Waals surface area (Å²) in [6.45, 7) is 2.44. The van der Waals surface area contributed by atoms with Gasteiger partial charge >= 0.3 is 11.9 Å². The Balaban J connectivity index is 1.62. The Labute approximate surface area is 136 Å². The Hall–Kier alpha value is -2.79. The van der Waals surface area contributed by atoms with Crippen LogP contribution in [0.1, 0.15) is 5.76 Å². The van der Waals surface area contributed by atoms with Crippen LogP contribution in [-0.4, -0.2) is 77.4 Å². The molecular formula is C13H15N5O6. The second-order valence-electron chi connectivity index (χ2n) is 5.21. The van der Waals surface area contributed by atoms with Gasteiger partial charge in [-0.2, -0.15) is 5.10 Å². The lowest BCUT2D eigenvalue weighted by atomic mass is 10.4. The largest absolute Gasteiger partial charge is 0.433 e. The summed E-state index contributed by atoms with van der Waals surface area (Å²) in [5.41, 5.74) is 0. The van der Waals surface area contributed by atoms with E-state index >= 15 is 0 Å². The van der Waals surface area contributed by atoms with Crippen LogP contribution in [0.2, 0.25) is 0 Å². The Morgan fingerprint density at radius 3 is 2.71 bits per heavy atom. The van der Waals surface area contributed by atoms with Crippen LogP contribution in [0.5, 0.6) is 0 Å². The van der Waals surface area contributed by atoms with Gasteiger partial charge in [0.15, 0.2) is 5.76 Å². The van der Waals surface area contributed by atoms with Crippen molar-refractivity contribution < 1.29 is 23.7 Å². The minimum atomic E-state index is -0.675. The second-order valence-corrected chi connectivity index (χ2v) is 5.21. The van der Waals surface area contributed by atoms with E-state index in [-0.39, 0.29) is 24.9 Å². The Kier molecular flexibility index (Phi) is 4.53. The molecule has 3 heterocycles. The molecule has 0 bridgehead atoms. The van der Waals surface area contributed by atoms with Crippen LogP contribution in [0.25, 0.3) is 0 Å². The molecule has 11 nitrogen and oxygen atoms in total. The SMILES string of the molecule is O=C1CN(N=Cc2ccc([N+](=O)[O-])o2)C(=O)N1CN1CCOCC1. The Morgan fingerprint density at radius 1 is 1.29 bits per heavy atom. The molecule has 0 aliphatic carbocycles. The summed E-state index contributed by atoms with van der Waals surface area (Å²) in [6.07, 6.45) is 1.16. The zero-order valence-electron chi connectivity index (χ0n) is 12.7. The van der Waals surface area contributed by atoms with Crippen LogP contribution in [-0.2, 0) is 9.53 Å². The number of imide groups is 1. The number of amides is 3. The molecule has 0 radical (unpaired) electrons. The van der Waals surface area contributed by atoms with Crippen LogP contribution in [0.3, 0.4) is 0 Å². The third-order valence-electron chi connectivity index (χ3n) is 3.60. The van der Waals surface area contributed by atoms with Gasteiger partial charge in [0.05, 0.1) is 32.2 Å². The highest BCUT2D eigenvalue weighted by molar-refractivity contribution is 6.02. The fourth-order valence-electron chi connectivity index (χ4n) is 2.34. The van der Waals surface area contributed by atoms with Gasteiger partial charge in [-0.15, -0.1) is 0 Å². The maximum absolute atomic E-state index is 12.2. The number of rotatable bonds is 5. The number of hydrogen-bond donors (Lipinski definition) is 0. The highest BCUT2D eigenvalue weighted by Gasteiger charge is 2.37. The van der Waals surface area contributed by atoms with Gasteiger partial charge in [-0.25, -0.2) is 14.7 Å². The van der Waals surface area contributed by atoms with Crippen molar-refractivity contribution in [3.63, 3.8) is 0 Å². The van der Waals surface area contributed by atoms with E-state index in [2.05, 4.69) is 5.10 Å². The first kappa shape index (κ1) is 16.1. The predicted octanol–water partition coefficient (Wildman–Crippen LogP) is 0.0756. The van der Waals surface area contributed by atoms with Crippen LogP contribution >= 0.6 is 0 Å². The molecule has 24 heavy (non-hydrogen) atoms. The summed E-state index contributed by atoms with van der Waals surface area (Å²) in [5, 5.41) is 15.4. The number of ether oxygens (including phenoxy) is 1. The summed E-state index contributed by atoms with van der Waals surface area (Å²) >= 11 is 0. The van der Waals surface area contributed by atoms with E-state index in [1.165, 1.54) is 12.1 Å². The van der Waals surface area contributed by atoms with Crippen molar-refractivity contribution in [2.75, 3.05) is 39.5 Å². The molecule has 2 saturated heterocycles. The molecule has 0 N–H and O–H groups in total. The summed E-state index contributed by atoms with van der Waals surface area (Å²) in [6, 6.07) is 2.00. The third-order valence-corrected chi connectivity index (χ3v) is 3.60. The van der Waals surface area contributed by atoms with E-state index in [4.69, 9.17) is 9.15 Å². The molecule has 3 rings (SSSR count). The summed E-state index contributed by atoms with van der Waals surface area (Å²) < 4.78 is 10.1. The maximum Gasteiger partial charge on any atom is 0.433 e. The zero-order chi connectivity index (χ0) is 17.1. The van der Waals surface area contributed by atoms with Crippen LogP contribution in [0.15, 0.2) is 21.7 Å². The number of carbonyl (C=O) groups is 2. The topological polar surface area (TPSA) is 122 Å². The van der Waals surface area contributed by atoms with Gasteiger partial charge in [-0.3, -0.25) is 19.8 Å². The lowest BCUT2D eigenvalue weighted by Crippen LogP contribution is -2.46. The van der Waals surface area contributed by atoms with Crippen LogP contribution in [0, 0.1) is 10.1 Å². The van der Waals surface area contributed by atoms with Gasteiger partial charge < -0.3 is 9.15 Å². The van der Waals surface area contributed by atoms with Crippen molar-refractivity contribution in [3.05, 3.63) is 28.0 Å². The van der Waals surface area contributed by atoms with Crippen molar-refractivity contribution in [3.8, 4) is 0 Å². The number of nitrogens with zero attached hydrogens (tertiary/aromatic N) is 5. The second kappa shape index (κ2) is 6.76. The van der Waals surface area contributed by atoms with Crippen molar-refractivity contribution in [1.82, 2.24) is 14.8 Å². The first-order valence-electron chi connectivity index (χ1n) is 7.25. The molecule has 128 valence electrons. The number of urea groups is 1. The molecule has 1 aromatic heterocycles. The molecule has 0 saturated carbocycles. The molecule has 0 spiro atoms. The van der Waals surface area contributed by atoms with Crippen molar-refractivity contribution in [1.29, 1.82) is 0 Å². The number of nitro groups is 1. The molecule has 0 aromatic carbocycles. The molecule has 2 fully saturated rings.